The first-order valence-electron chi connectivity index (χ1n) is 3.11. The molecule has 0 radical (unpaired) electrons. The van der Waals surface area contributed by atoms with Gasteiger partial charge in [-0.3, -0.25) is 4.79 Å². The smallest absolute Gasteiger partial charge is 0.288 e. The Morgan fingerprint density at radius 1 is 1.75 bits per heavy atom. The largest absolute Gasteiger partial charge is 0.396 e. The number of carbonyl (C=O) groups is 1. The number of rotatable bonds is 2. The van der Waals surface area contributed by atoms with Crippen molar-refractivity contribution in [2.24, 2.45) is 0 Å². The van der Waals surface area contributed by atoms with E-state index in [1.807, 2.05) is 0 Å². The zero-order valence-electron chi connectivity index (χ0n) is 6.03. The van der Waals surface area contributed by atoms with Crippen molar-refractivity contribution in [1.29, 1.82) is 0 Å². The van der Waals surface area contributed by atoms with E-state index in [1.54, 1.807) is 0 Å². The zero-order chi connectivity index (χ0) is 9.14. The number of hydrogen-bond acceptors (Lipinski definition) is 4. The van der Waals surface area contributed by atoms with Crippen molar-refractivity contribution in [3.8, 4) is 0 Å². The second-order valence-corrected chi connectivity index (χ2v) is 2.45. The molecule has 64 valence electrons. The van der Waals surface area contributed by atoms with Gasteiger partial charge in [0.05, 0.1) is 11.9 Å². The van der Waals surface area contributed by atoms with Crippen LogP contribution in [0.15, 0.2) is 11.0 Å². The van der Waals surface area contributed by atoms with E-state index in [-0.39, 0.29) is 17.3 Å². The molecule has 1 aromatic heterocycles. The lowest BCUT2D eigenvalue weighted by molar-refractivity contribution is -0.108. The number of halogens is 1. The van der Waals surface area contributed by atoms with Crippen LogP contribution in [-0.2, 0) is 11.3 Å². The fraction of sp³-hybridized carbons (Fsp3) is 0.167. The van der Waals surface area contributed by atoms with Crippen LogP contribution in [0.5, 0.6) is 0 Å². The molecule has 0 aliphatic heterocycles. The molecule has 0 saturated heterocycles. The molecule has 1 heterocycles. The third kappa shape index (κ3) is 1.45. The summed E-state index contributed by atoms with van der Waals surface area (Å²) in [6, 6.07) is 0. The third-order valence-corrected chi connectivity index (χ3v) is 1.64. The number of nitrogens with zero attached hydrogens (tertiary/aromatic N) is 2. The van der Waals surface area contributed by atoms with Crippen molar-refractivity contribution in [3.63, 3.8) is 0 Å². The molecule has 2 N–H and O–H groups in total. The maximum Gasteiger partial charge on any atom is 0.288 e. The van der Waals surface area contributed by atoms with Crippen molar-refractivity contribution in [2.75, 3.05) is 5.73 Å². The molecule has 0 bridgehead atoms. The van der Waals surface area contributed by atoms with Gasteiger partial charge in [-0.2, -0.15) is 5.10 Å². The summed E-state index contributed by atoms with van der Waals surface area (Å²) in [5, 5.41) is 3.49. The third-order valence-electron chi connectivity index (χ3n) is 1.26. The Hall–Kier alpha value is -1.36. The minimum absolute atomic E-state index is 0.105. The number of anilines is 1. The van der Waals surface area contributed by atoms with Crippen LogP contribution in [0.1, 0.15) is 0 Å². The van der Waals surface area contributed by atoms with Crippen molar-refractivity contribution < 1.29 is 4.79 Å². The highest BCUT2D eigenvalue weighted by molar-refractivity contribution is 6.32. The van der Waals surface area contributed by atoms with Crippen LogP contribution in [0.2, 0.25) is 5.02 Å². The quantitative estimate of drug-likeness (QED) is 0.644. The zero-order valence-corrected chi connectivity index (χ0v) is 6.78. The van der Waals surface area contributed by atoms with Crippen LogP contribution in [-0.4, -0.2) is 16.1 Å². The van der Waals surface area contributed by atoms with E-state index in [0.717, 1.165) is 4.68 Å². The predicted octanol–water partition coefficient (Wildman–Crippen LogP) is -0.322. The number of nitrogen functional groups attached to an aromatic ring is 1. The second kappa shape index (κ2) is 3.36. The summed E-state index contributed by atoms with van der Waals surface area (Å²) in [7, 11) is 0. The Balaban J connectivity index is 3.26. The molecule has 0 fully saturated rings. The molecule has 0 amide bonds. The van der Waals surface area contributed by atoms with E-state index >= 15 is 0 Å². The number of aromatic nitrogens is 2. The molecule has 0 aliphatic carbocycles. The van der Waals surface area contributed by atoms with Crippen LogP contribution in [0.4, 0.5) is 5.69 Å². The van der Waals surface area contributed by atoms with Crippen molar-refractivity contribution in [3.05, 3.63) is 21.6 Å². The van der Waals surface area contributed by atoms with Crippen LogP contribution in [0.3, 0.4) is 0 Å². The first-order valence-corrected chi connectivity index (χ1v) is 3.49. The van der Waals surface area contributed by atoms with Gasteiger partial charge in [-0.25, -0.2) is 4.68 Å². The Morgan fingerprint density at radius 2 is 2.42 bits per heavy atom. The van der Waals surface area contributed by atoms with Gasteiger partial charge in [0.2, 0.25) is 0 Å². The molecule has 0 aromatic carbocycles. The summed E-state index contributed by atoms with van der Waals surface area (Å²) in [6.45, 7) is -0.112. The fourth-order valence-electron chi connectivity index (χ4n) is 0.678. The highest BCUT2D eigenvalue weighted by Crippen LogP contribution is 2.09. The van der Waals surface area contributed by atoms with Crippen molar-refractivity contribution in [2.45, 2.75) is 6.54 Å². The minimum Gasteiger partial charge on any atom is -0.396 e. The molecule has 12 heavy (non-hydrogen) atoms. The number of carbonyl (C=O) groups excluding carboxylic acids is 1. The monoisotopic (exact) mass is 187 g/mol. The maximum absolute atomic E-state index is 11.1. The van der Waals surface area contributed by atoms with Crippen LogP contribution in [0.25, 0.3) is 0 Å². The summed E-state index contributed by atoms with van der Waals surface area (Å²) in [5.74, 6) is 0. The topological polar surface area (TPSA) is 78.0 Å². The van der Waals surface area contributed by atoms with Gasteiger partial charge in [-0.05, 0) is 0 Å². The number of aldehydes is 1. The van der Waals surface area contributed by atoms with E-state index in [2.05, 4.69) is 5.10 Å². The molecule has 0 unspecified atom stereocenters. The van der Waals surface area contributed by atoms with Gasteiger partial charge in [0, 0.05) is 0 Å². The van der Waals surface area contributed by atoms with Gasteiger partial charge in [-0.15, -0.1) is 0 Å². The Labute approximate surface area is 72.7 Å². The first kappa shape index (κ1) is 8.73. The fourth-order valence-corrected chi connectivity index (χ4v) is 0.825. The molecular weight excluding hydrogens is 182 g/mol. The molecule has 5 nitrogen and oxygen atoms in total. The molecular formula is C6H6ClN3O2. The lowest BCUT2D eigenvalue weighted by atomic mass is 10.5. The molecule has 0 atom stereocenters. The van der Waals surface area contributed by atoms with E-state index in [0.29, 0.717) is 6.29 Å². The first-order chi connectivity index (χ1) is 5.66. The van der Waals surface area contributed by atoms with Gasteiger partial charge in [-0.1, -0.05) is 11.6 Å². The summed E-state index contributed by atoms with van der Waals surface area (Å²) in [5.41, 5.74) is 4.85. The lowest BCUT2D eigenvalue weighted by Gasteiger charge is -2.00. The van der Waals surface area contributed by atoms with Gasteiger partial charge >= 0.3 is 0 Å². The van der Waals surface area contributed by atoms with Gasteiger partial charge in [0.1, 0.15) is 17.9 Å². The van der Waals surface area contributed by atoms with Crippen LogP contribution in [0, 0.1) is 0 Å². The summed E-state index contributed by atoms with van der Waals surface area (Å²) in [4.78, 5) is 21.2. The van der Waals surface area contributed by atoms with Crippen LogP contribution >= 0.6 is 11.6 Å². The van der Waals surface area contributed by atoms with Crippen molar-refractivity contribution >= 4 is 23.6 Å². The van der Waals surface area contributed by atoms with E-state index in [4.69, 9.17) is 17.3 Å². The van der Waals surface area contributed by atoms with E-state index in [1.165, 1.54) is 6.20 Å². The summed E-state index contributed by atoms with van der Waals surface area (Å²) in [6.07, 6.45) is 1.79. The van der Waals surface area contributed by atoms with Crippen molar-refractivity contribution in [1.82, 2.24) is 9.78 Å². The Bertz CT molecular complexity index is 360. The highest BCUT2D eigenvalue weighted by Gasteiger charge is 2.04. The SMILES string of the molecule is Nc1cnn(CC=O)c(=O)c1Cl. The molecule has 1 rings (SSSR count). The average molecular weight is 188 g/mol. The summed E-state index contributed by atoms with van der Waals surface area (Å²) < 4.78 is 0.936. The molecule has 0 aliphatic rings. The molecule has 1 aromatic rings. The minimum atomic E-state index is -0.552. The Morgan fingerprint density at radius 3 is 3.00 bits per heavy atom. The number of hydrogen-bond donors (Lipinski definition) is 1. The normalized spacial score (nSPS) is 9.75. The van der Waals surface area contributed by atoms with E-state index in [9.17, 15) is 9.59 Å². The Kier molecular flexibility index (Phi) is 2.44. The average Bonchev–Trinajstić information content (AvgIpc) is 2.07. The summed E-state index contributed by atoms with van der Waals surface area (Å²) >= 11 is 5.50. The van der Waals surface area contributed by atoms with Gasteiger partial charge in [0.15, 0.2) is 0 Å². The standard InChI is InChI=1S/C6H6ClN3O2/c7-5-4(8)3-9-10(1-2-11)6(5)12/h2-3H,1,8H2. The van der Waals surface area contributed by atoms with Gasteiger partial charge in [0.25, 0.3) is 5.56 Å². The predicted molar refractivity (Wildman–Crippen MR) is 44.0 cm³/mol. The van der Waals surface area contributed by atoms with Gasteiger partial charge < -0.3 is 10.5 Å². The lowest BCUT2D eigenvalue weighted by Crippen LogP contribution is -2.24. The van der Waals surface area contributed by atoms with E-state index < -0.39 is 5.56 Å². The van der Waals surface area contributed by atoms with Crippen LogP contribution < -0.4 is 11.3 Å². The molecule has 0 spiro atoms. The number of nitrogens with two attached hydrogens (primary N) is 1. The molecule has 0 saturated carbocycles. The highest BCUT2D eigenvalue weighted by atomic mass is 35.5. The maximum atomic E-state index is 11.1. The second-order valence-electron chi connectivity index (χ2n) is 2.07. The molecule has 6 heteroatoms.